The van der Waals surface area contributed by atoms with Crippen LogP contribution in [0.25, 0.3) is 0 Å². The number of carboxylic acids is 1. The molecule has 58 valence electrons. The van der Waals surface area contributed by atoms with Gasteiger partial charge in [-0.1, -0.05) is 0 Å². The third kappa shape index (κ3) is 1.16. The molecular formula is C8H8O2S. The Bertz CT molecular complexity index is 286. The molecule has 2 nitrogen and oxygen atoms in total. The molecule has 0 aliphatic heterocycles. The predicted molar refractivity (Wildman–Crippen MR) is 43.3 cm³/mol. The lowest BCUT2D eigenvalue weighted by Gasteiger charge is -1.93. The standard InChI is InChI=1S/C8H8O2S/c9-8(10)7-4-11-3-6(7)5-1-2-5/h3-5H,1-2H2,(H,9,10). The van der Waals surface area contributed by atoms with E-state index in [4.69, 9.17) is 5.11 Å². The van der Waals surface area contributed by atoms with Gasteiger partial charge >= 0.3 is 5.97 Å². The first-order chi connectivity index (χ1) is 5.29. The summed E-state index contributed by atoms with van der Waals surface area (Å²) in [4.78, 5) is 10.6. The molecule has 1 aliphatic rings. The zero-order chi connectivity index (χ0) is 7.84. The van der Waals surface area contributed by atoms with E-state index in [0.717, 1.165) is 18.4 Å². The van der Waals surface area contributed by atoms with Crippen molar-refractivity contribution < 1.29 is 9.90 Å². The Morgan fingerprint density at radius 1 is 1.55 bits per heavy atom. The van der Waals surface area contributed by atoms with Gasteiger partial charge in [-0.05, 0) is 29.7 Å². The van der Waals surface area contributed by atoms with E-state index in [2.05, 4.69) is 0 Å². The van der Waals surface area contributed by atoms with Crippen molar-refractivity contribution in [2.24, 2.45) is 0 Å². The van der Waals surface area contributed by atoms with Crippen molar-refractivity contribution in [1.82, 2.24) is 0 Å². The molecule has 2 rings (SSSR count). The Kier molecular flexibility index (Phi) is 1.46. The SMILES string of the molecule is O=C(O)c1cscc1C1CC1. The third-order valence-electron chi connectivity index (χ3n) is 1.94. The molecular weight excluding hydrogens is 160 g/mol. The fourth-order valence-electron chi connectivity index (χ4n) is 1.19. The van der Waals surface area contributed by atoms with E-state index in [-0.39, 0.29) is 0 Å². The number of thiophene rings is 1. The van der Waals surface area contributed by atoms with Gasteiger partial charge < -0.3 is 5.11 Å². The van der Waals surface area contributed by atoms with Gasteiger partial charge in [0, 0.05) is 5.38 Å². The molecule has 0 aromatic carbocycles. The largest absolute Gasteiger partial charge is 0.478 e. The quantitative estimate of drug-likeness (QED) is 0.735. The van der Waals surface area contributed by atoms with E-state index in [9.17, 15) is 4.79 Å². The van der Waals surface area contributed by atoms with Crippen molar-refractivity contribution in [2.75, 3.05) is 0 Å². The van der Waals surface area contributed by atoms with Crippen LogP contribution in [0.5, 0.6) is 0 Å². The second-order valence-corrected chi connectivity index (χ2v) is 3.56. The number of carbonyl (C=O) groups is 1. The van der Waals surface area contributed by atoms with Crippen LogP contribution in [-0.2, 0) is 0 Å². The molecule has 1 aliphatic carbocycles. The number of hydrogen-bond donors (Lipinski definition) is 1. The van der Waals surface area contributed by atoms with Gasteiger partial charge in [0.05, 0.1) is 5.56 Å². The summed E-state index contributed by atoms with van der Waals surface area (Å²) in [6, 6.07) is 0. The van der Waals surface area contributed by atoms with Gasteiger partial charge in [-0.2, -0.15) is 11.3 Å². The third-order valence-corrected chi connectivity index (χ3v) is 2.70. The molecule has 11 heavy (non-hydrogen) atoms. The Hall–Kier alpha value is -0.830. The van der Waals surface area contributed by atoms with Crippen molar-refractivity contribution in [1.29, 1.82) is 0 Å². The Morgan fingerprint density at radius 2 is 2.27 bits per heavy atom. The van der Waals surface area contributed by atoms with Crippen molar-refractivity contribution >= 4 is 17.3 Å². The normalized spacial score (nSPS) is 16.7. The molecule has 0 bridgehead atoms. The smallest absolute Gasteiger partial charge is 0.336 e. The summed E-state index contributed by atoms with van der Waals surface area (Å²) in [6.45, 7) is 0. The highest BCUT2D eigenvalue weighted by atomic mass is 32.1. The lowest BCUT2D eigenvalue weighted by atomic mass is 10.1. The van der Waals surface area contributed by atoms with Crippen LogP contribution in [0.15, 0.2) is 10.8 Å². The lowest BCUT2D eigenvalue weighted by molar-refractivity contribution is 0.0696. The fourth-order valence-corrected chi connectivity index (χ4v) is 2.10. The van der Waals surface area contributed by atoms with Crippen LogP contribution in [0, 0.1) is 0 Å². The van der Waals surface area contributed by atoms with Crippen molar-refractivity contribution in [3.05, 3.63) is 21.9 Å². The van der Waals surface area contributed by atoms with E-state index in [1.165, 1.54) is 11.3 Å². The molecule has 0 unspecified atom stereocenters. The molecule has 0 amide bonds. The van der Waals surface area contributed by atoms with E-state index in [0.29, 0.717) is 11.5 Å². The van der Waals surface area contributed by atoms with E-state index in [1.54, 1.807) is 5.38 Å². The molecule has 3 heteroatoms. The van der Waals surface area contributed by atoms with Crippen LogP contribution >= 0.6 is 11.3 Å². The second kappa shape index (κ2) is 2.34. The number of aromatic carboxylic acids is 1. The topological polar surface area (TPSA) is 37.3 Å². The first-order valence-corrected chi connectivity index (χ1v) is 4.52. The molecule has 0 saturated heterocycles. The van der Waals surface area contributed by atoms with E-state index in [1.807, 2.05) is 5.38 Å². The van der Waals surface area contributed by atoms with Crippen LogP contribution < -0.4 is 0 Å². The number of carboxylic acid groups (broad SMARTS) is 1. The van der Waals surface area contributed by atoms with Gasteiger partial charge in [-0.15, -0.1) is 0 Å². The lowest BCUT2D eigenvalue weighted by Crippen LogP contribution is -1.96. The van der Waals surface area contributed by atoms with Crippen molar-refractivity contribution in [3.63, 3.8) is 0 Å². The second-order valence-electron chi connectivity index (χ2n) is 2.82. The molecule has 1 saturated carbocycles. The molecule has 0 spiro atoms. The van der Waals surface area contributed by atoms with Gasteiger partial charge in [0.2, 0.25) is 0 Å². The first kappa shape index (κ1) is 6.85. The summed E-state index contributed by atoms with van der Waals surface area (Å²) in [5.74, 6) is -0.236. The first-order valence-electron chi connectivity index (χ1n) is 3.58. The number of hydrogen-bond acceptors (Lipinski definition) is 2. The molecule has 1 aromatic heterocycles. The highest BCUT2D eigenvalue weighted by Crippen LogP contribution is 2.42. The summed E-state index contributed by atoms with van der Waals surface area (Å²) in [6.07, 6.45) is 2.33. The van der Waals surface area contributed by atoms with E-state index >= 15 is 0 Å². The minimum absolute atomic E-state index is 0.512. The van der Waals surface area contributed by atoms with Crippen LogP contribution in [0.4, 0.5) is 0 Å². The molecule has 1 heterocycles. The highest BCUT2D eigenvalue weighted by Gasteiger charge is 2.28. The zero-order valence-electron chi connectivity index (χ0n) is 5.91. The van der Waals surface area contributed by atoms with Crippen molar-refractivity contribution in [2.45, 2.75) is 18.8 Å². The minimum Gasteiger partial charge on any atom is -0.478 e. The summed E-state index contributed by atoms with van der Waals surface area (Å²) >= 11 is 1.48. The maximum Gasteiger partial charge on any atom is 0.336 e. The molecule has 0 radical (unpaired) electrons. The van der Waals surface area contributed by atoms with Gasteiger partial charge in [0.15, 0.2) is 0 Å². The number of rotatable bonds is 2. The summed E-state index contributed by atoms with van der Waals surface area (Å²) in [5, 5.41) is 12.4. The van der Waals surface area contributed by atoms with Crippen LogP contribution in [0.2, 0.25) is 0 Å². The monoisotopic (exact) mass is 168 g/mol. The summed E-state index contributed by atoms with van der Waals surface area (Å²) in [5.41, 5.74) is 1.56. The summed E-state index contributed by atoms with van der Waals surface area (Å²) < 4.78 is 0. The fraction of sp³-hybridized carbons (Fsp3) is 0.375. The highest BCUT2D eigenvalue weighted by molar-refractivity contribution is 7.08. The Balaban J connectivity index is 2.37. The van der Waals surface area contributed by atoms with Crippen LogP contribution in [0.3, 0.4) is 0 Å². The average molecular weight is 168 g/mol. The van der Waals surface area contributed by atoms with Gasteiger partial charge in [-0.3, -0.25) is 0 Å². The Labute approximate surface area is 68.5 Å². The zero-order valence-corrected chi connectivity index (χ0v) is 6.73. The molecule has 1 aromatic rings. The van der Waals surface area contributed by atoms with Crippen LogP contribution in [0.1, 0.15) is 34.7 Å². The summed E-state index contributed by atoms with van der Waals surface area (Å²) in [7, 11) is 0. The maximum atomic E-state index is 10.6. The minimum atomic E-state index is -0.784. The van der Waals surface area contributed by atoms with Crippen LogP contribution in [-0.4, -0.2) is 11.1 Å². The average Bonchev–Trinajstić information content (AvgIpc) is 2.68. The Morgan fingerprint density at radius 3 is 2.82 bits per heavy atom. The maximum absolute atomic E-state index is 10.6. The molecule has 1 fully saturated rings. The van der Waals surface area contributed by atoms with Gasteiger partial charge in [-0.25, -0.2) is 4.79 Å². The predicted octanol–water partition coefficient (Wildman–Crippen LogP) is 2.32. The van der Waals surface area contributed by atoms with Crippen molar-refractivity contribution in [3.8, 4) is 0 Å². The molecule has 0 atom stereocenters. The van der Waals surface area contributed by atoms with E-state index < -0.39 is 5.97 Å². The van der Waals surface area contributed by atoms with Gasteiger partial charge in [0.1, 0.15) is 0 Å². The molecule has 1 N–H and O–H groups in total. The van der Waals surface area contributed by atoms with Gasteiger partial charge in [0.25, 0.3) is 0 Å².